The van der Waals surface area contributed by atoms with E-state index in [4.69, 9.17) is 10.5 Å². The Bertz CT molecular complexity index is 206. The van der Waals surface area contributed by atoms with Crippen molar-refractivity contribution in [2.75, 3.05) is 20.2 Å². The van der Waals surface area contributed by atoms with Crippen molar-refractivity contribution in [3.05, 3.63) is 0 Å². The lowest BCUT2D eigenvalue weighted by Crippen LogP contribution is -2.43. The summed E-state index contributed by atoms with van der Waals surface area (Å²) in [5.41, 5.74) is 5.72. The molecule has 88 valence electrons. The first kappa shape index (κ1) is 12.3. The summed E-state index contributed by atoms with van der Waals surface area (Å²) in [7, 11) is 1.76. The highest BCUT2D eigenvalue weighted by Gasteiger charge is 2.36. The second kappa shape index (κ2) is 5.95. The number of guanidine groups is 1. The van der Waals surface area contributed by atoms with Gasteiger partial charge in [-0.05, 0) is 25.7 Å². The largest absolute Gasteiger partial charge is 0.376 e. The Labute approximate surface area is 92.3 Å². The predicted octanol–water partition coefficient (Wildman–Crippen LogP) is 1.26. The molecule has 0 aromatic heterocycles. The fourth-order valence-electron chi connectivity index (χ4n) is 1.68. The molecule has 0 unspecified atom stereocenters. The van der Waals surface area contributed by atoms with Crippen molar-refractivity contribution < 1.29 is 4.74 Å². The molecular formula is C11H23N3O. The lowest BCUT2D eigenvalue weighted by molar-refractivity contribution is -0.0630. The quantitative estimate of drug-likeness (QED) is 0.397. The number of hydrogen-bond donors (Lipinski definition) is 2. The standard InChI is InChI=1S/C11H23N3O/c1-3-4-8-13-10(12)14-9-11(15-2)6-5-7-11/h3-9H2,1-2H3,(H3,12,13,14). The molecule has 1 rings (SSSR count). The van der Waals surface area contributed by atoms with Gasteiger partial charge in [0.25, 0.3) is 0 Å². The molecule has 0 radical (unpaired) electrons. The normalized spacial score (nSPS) is 19.7. The Kier molecular flexibility index (Phi) is 4.88. The second-order valence-corrected chi connectivity index (χ2v) is 4.22. The van der Waals surface area contributed by atoms with Crippen molar-refractivity contribution in [1.29, 1.82) is 0 Å². The molecule has 0 saturated heterocycles. The van der Waals surface area contributed by atoms with Gasteiger partial charge in [-0.15, -0.1) is 0 Å². The average molecular weight is 213 g/mol. The molecule has 4 nitrogen and oxygen atoms in total. The molecule has 0 amide bonds. The third-order valence-corrected chi connectivity index (χ3v) is 3.07. The molecule has 1 fully saturated rings. The topological polar surface area (TPSA) is 59.6 Å². The van der Waals surface area contributed by atoms with Crippen molar-refractivity contribution >= 4 is 5.96 Å². The zero-order valence-corrected chi connectivity index (χ0v) is 9.88. The van der Waals surface area contributed by atoms with E-state index in [0.29, 0.717) is 12.5 Å². The summed E-state index contributed by atoms with van der Waals surface area (Å²) in [4.78, 5) is 4.32. The van der Waals surface area contributed by atoms with E-state index in [1.54, 1.807) is 7.11 Å². The Morgan fingerprint density at radius 1 is 1.53 bits per heavy atom. The van der Waals surface area contributed by atoms with Gasteiger partial charge in [0, 0.05) is 13.7 Å². The number of rotatable bonds is 6. The number of nitrogens with zero attached hydrogens (tertiary/aromatic N) is 1. The Morgan fingerprint density at radius 3 is 2.73 bits per heavy atom. The maximum atomic E-state index is 5.74. The fourth-order valence-corrected chi connectivity index (χ4v) is 1.68. The first-order valence-corrected chi connectivity index (χ1v) is 5.81. The minimum atomic E-state index is -0.0168. The van der Waals surface area contributed by atoms with Gasteiger partial charge < -0.3 is 15.8 Å². The summed E-state index contributed by atoms with van der Waals surface area (Å²) < 4.78 is 5.46. The fraction of sp³-hybridized carbons (Fsp3) is 0.909. The second-order valence-electron chi connectivity index (χ2n) is 4.22. The Hall–Kier alpha value is -0.770. The molecule has 0 spiro atoms. The first-order chi connectivity index (χ1) is 7.22. The highest BCUT2D eigenvalue weighted by molar-refractivity contribution is 5.77. The van der Waals surface area contributed by atoms with E-state index in [0.717, 1.165) is 25.8 Å². The van der Waals surface area contributed by atoms with E-state index in [9.17, 15) is 0 Å². The van der Waals surface area contributed by atoms with Gasteiger partial charge in [0.1, 0.15) is 0 Å². The number of methoxy groups -OCH3 is 1. The minimum Gasteiger partial charge on any atom is -0.376 e. The van der Waals surface area contributed by atoms with E-state index < -0.39 is 0 Å². The summed E-state index contributed by atoms with van der Waals surface area (Å²) in [6, 6.07) is 0. The summed E-state index contributed by atoms with van der Waals surface area (Å²) in [6.07, 6.45) is 5.75. The first-order valence-electron chi connectivity index (χ1n) is 5.81. The Morgan fingerprint density at radius 2 is 2.27 bits per heavy atom. The summed E-state index contributed by atoms with van der Waals surface area (Å²) in [5, 5.41) is 3.10. The maximum Gasteiger partial charge on any atom is 0.188 e. The van der Waals surface area contributed by atoms with E-state index in [1.807, 2.05) is 0 Å². The van der Waals surface area contributed by atoms with Crippen LogP contribution >= 0.6 is 0 Å². The number of hydrogen-bond acceptors (Lipinski definition) is 2. The number of unbranched alkanes of at least 4 members (excludes halogenated alkanes) is 1. The highest BCUT2D eigenvalue weighted by atomic mass is 16.5. The summed E-state index contributed by atoms with van der Waals surface area (Å²) >= 11 is 0. The molecule has 0 aromatic carbocycles. The molecule has 1 aliphatic carbocycles. The molecule has 1 saturated carbocycles. The SMILES string of the molecule is CCCCNC(N)=NCC1(OC)CCC1. The number of aliphatic imine (C=N–C) groups is 1. The predicted molar refractivity (Wildman–Crippen MR) is 63.0 cm³/mol. The smallest absolute Gasteiger partial charge is 0.188 e. The van der Waals surface area contributed by atoms with Gasteiger partial charge in [-0.3, -0.25) is 4.99 Å². The van der Waals surface area contributed by atoms with Crippen LogP contribution in [0.1, 0.15) is 39.0 Å². The molecule has 15 heavy (non-hydrogen) atoms. The minimum absolute atomic E-state index is 0.0168. The van der Waals surface area contributed by atoms with Gasteiger partial charge in [-0.1, -0.05) is 13.3 Å². The summed E-state index contributed by atoms with van der Waals surface area (Å²) in [6.45, 7) is 3.75. The summed E-state index contributed by atoms with van der Waals surface area (Å²) in [5.74, 6) is 0.548. The molecule has 3 N–H and O–H groups in total. The number of ether oxygens (including phenoxy) is 1. The third-order valence-electron chi connectivity index (χ3n) is 3.07. The van der Waals surface area contributed by atoms with Crippen LogP contribution in [-0.2, 0) is 4.74 Å². The number of nitrogens with two attached hydrogens (primary N) is 1. The van der Waals surface area contributed by atoms with Gasteiger partial charge in [0.05, 0.1) is 12.1 Å². The van der Waals surface area contributed by atoms with Gasteiger partial charge >= 0.3 is 0 Å². The average Bonchev–Trinajstić information content (AvgIpc) is 2.17. The number of nitrogens with one attached hydrogen (secondary N) is 1. The molecule has 0 aliphatic heterocycles. The monoisotopic (exact) mass is 213 g/mol. The van der Waals surface area contributed by atoms with Crippen LogP contribution < -0.4 is 11.1 Å². The van der Waals surface area contributed by atoms with Gasteiger partial charge in [0.15, 0.2) is 5.96 Å². The molecule has 0 bridgehead atoms. The molecule has 4 heteroatoms. The maximum absolute atomic E-state index is 5.74. The van der Waals surface area contributed by atoms with Crippen LogP contribution in [-0.4, -0.2) is 31.8 Å². The van der Waals surface area contributed by atoms with E-state index >= 15 is 0 Å². The molecule has 0 aromatic rings. The van der Waals surface area contributed by atoms with Crippen molar-refractivity contribution in [2.24, 2.45) is 10.7 Å². The zero-order chi connectivity index (χ0) is 11.1. The van der Waals surface area contributed by atoms with Crippen LogP contribution in [0.2, 0.25) is 0 Å². The Balaban J connectivity index is 2.23. The van der Waals surface area contributed by atoms with Crippen LogP contribution in [0.5, 0.6) is 0 Å². The lowest BCUT2D eigenvalue weighted by atomic mass is 9.80. The third kappa shape index (κ3) is 3.70. The molecule has 1 aliphatic rings. The van der Waals surface area contributed by atoms with Crippen LogP contribution in [0.3, 0.4) is 0 Å². The molecule has 0 heterocycles. The highest BCUT2D eigenvalue weighted by Crippen LogP contribution is 2.35. The van der Waals surface area contributed by atoms with E-state index in [1.165, 1.54) is 12.8 Å². The molecule has 0 atom stereocenters. The van der Waals surface area contributed by atoms with E-state index in [2.05, 4.69) is 17.2 Å². The van der Waals surface area contributed by atoms with E-state index in [-0.39, 0.29) is 5.60 Å². The lowest BCUT2D eigenvalue weighted by Gasteiger charge is -2.39. The van der Waals surface area contributed by atoms with Gasteiger partial charge in [-0.2, -0.15) is 0 Å². The van der Waals surface area contributed by atoms with Crippen molar-refractivity contribution in [1.82, 2.24) is 5.32 Å². The van der Waals surface area contributed by atoms with Crippen LogP contribution in [0.15, 0.2) is 4.99 Å². The van der Waals surface area contributed by atoms with Crippen molar-refractivity contribution in [3.8, 4) is 0 Å². The molecular weight excluding hydrogens is 190 g/mol. The van der Waals surface area contributed by atoms with Crippen molar-refractivity contribution in [2.45, 2.75) is 44.6 Å². The van der Waals surface area contributed by atoms with Gasteiger partial charge in [0.2, 0.25) is 0 Å². The van der Waals surface area contributed by atoms with Crippen molar-refractivity contribution in [3.63, 3.8) is 0 Å². The van der Waals surface area contributed by atoms with Crippen LogP contribution in [0, 0.1) is 0 Å². The van der Waals surface area contributed by atoms with Crippen LogP contribution in [0.4, 0.5) is 0 Å². The van der Waals surface area contributed by atoms with Crippen LogP contribution in [0.25, 0.3) is 0 Å². The van der Waals surface area contributed by atoms with Gasteiger partial charge in [-0.25, -0.2) is 0 Å². The zero-order valence-electron chi connectivity index (χ0n) is 9.88.